The van der Waals surface area contributed by atoms with Crippen molar-refractivity contribution in [3.8, 4) is 23.3 Å². The molecule has 1 saturated heterocycles. The Balaban J connectivity index is 1.24. The van der Waals surface area contributed by atoms with Gasteiger partial charge in [0.15, 0.2) is 5.60 Å². The summed E-state index contributed by atoms with van der Waals surface area (Å²) in [5, 5.41) is 13.6. The van der Waals surface area contributed by atoms with Crippen LogP contribution in [-0.2, 0) is 19.8 Å². The zero-order valence-corrected chi connectivity index (χ0v) is 26.2. The van der Waals surface area contributed by atoms with Crippen molar-refractivity contribution < 1.29 is 28.8 Å². The molecule has 0 aliphatic carbocycles. The summed E-state index contributed by atoms with van der Waals surface area (Å²) in [5.41, 5.74) is -0.680. The number of para-hydroxylation sites is 2. The third-order valence-corrected chi connectivity index (χ3v) is 7.82. The van der Waals surface area contributed by atoms with Gasteiger partial charge < -0.3 is 29.4 Å². The van der Waals surface area contributed by atoms with Gasteiger partial charge in [0.05, 0.1) is 19.3 Å². The molecule has 1 aromatic heterocycles. The first-order valence-corrected chi connectivity index (χ1v) is 15.3. The number of fused-ring (bicyclic) bond motifs is 2. The Kier molecular flexibility index (Phi) is 8.75. The Hall–Kier alpha value is -5.15. The first kappa shape index (κ1) is 31.8. The summed E-state index contributed by atoms with van der Waals surface area (Å²) in [6.45, 7) is 5.11. The van der Waals surface area contributed by atoms with Gasteiger partial charge in [0.1, 0.15) is 35.0 Å². The van der Waals surface area contributed by atoms with Gasteiger partial charge in [-0.1, -0.05) is 78.6 Å². The molecule has 3 N–H and O–H groups in total. The molecule has 0 spiro atoms. The van der Waals surface area contributed by atoms with Crippen LogP contribution in [-0.4, -0.2) is 51.7 Å². The van der Waals surface area contributed by atoms with Crippen LogP contribution in [0.5, 0.6) is 11.5 Å². The van der Waals surface area contributed by atoms with Crippen LogP contribution in [0.25, 0.3) is 0 Å². The molecule has 11 nitrogen and oxygen atoms in total. The highest BCUT2D eigenvalue weighted by Gasteiger charge is 2.46. The van der Waals surface area contributed by atoms with Gasteiger partial charge in [-0.25, -0.2) is 9.59 Å². The fourth-order valence-corrected chi connectivity index (χ4v) is 5.78. The number of benzene rings is 3. The summed E-state index contributed by atoms with van der Waals surface area (Å²) < 4.78 is 25.7. The average Bonchev–Trinajstić information content (AvgIpc) is 3.41. The van der Waals surface area contributed by atoms with Gasteiger partial charge in [-0.2, -0.15) is 0 Å². The summed E-state index contributed by atoms with van der Waals surface area (Å²) in [6, 6.07) is 25.1. The van der Waals surface area contributed by atoms with Gasteiger partial charge in [-0.05, 0) is 38.5 Å². The van der Waals surface area contributed by atoms with Crippen LogP contribution in [0.15, 0.2) is 94.6 Å². The van der Waals surface area contributed by atoms with Gasteiger partial charge in [0.25, 0.3) is 5.56 Å². The normalized spacial score (nSPS) is 19.4. The maximum absolute atomic E-state index is 12.8. The lowest BCUT2D eigenvalue weighted by atomic mass is 9.77. The molecule has 1 amide bonds. The average molecular weight is 638 g/mol. The molecule has 47 heavy (non-hydrogen) atoms. The monoisotopic (exact) mass is 637 g/mol. The highest BCUT2D eigenvalue weighted by molar-refractivity contribution is 5.68. The molecule has 3 aromatic carbocycles. The van der Waals surface area contributed by atoms with E-state index in [1.165, 1.54) is 10.8 Å². The van der Waals surface area contributed by atoms with E-state index in [1.54, 1.807) is 20.8 Å². The van der Waals surface area contributed by atoms with Gasteiger partial charge in [0, 0.05) is 23.7 Å². The zero-order valence-electron chi connectivity index (χ0n) is 26.2. The summed E-state index contributed by atoms with van der Waals surface area (Å²) in [4.78, 5) is 39.5. The number of carbonyl (C=O) groups excluding carboxylic acids is 1. The molecule has 11 heteroatoms. The van der Waals surface area contributed by atoms with Crippen molar-refractivity contribution in [2.75, 3.05) is 13.2 Å². The van der Waals surface area contributed by atoms with Crippen molar-refractivity contribution in [1.29, 1.82) is 0 Å². The number of H-pyrrole nitrogens is 1. The molecular formula is C36H35N3O8. The van der Waals surface area contributed by atoms with E-state index in [0.717, 1.165) is 16.7 Å². The van der Waals surface area contributed by atoms with E-state index >= 15 is 0 Å². The number of nitrogens with zero attached hydrogens (tertiary/aromatic N) is 1. The van der Waals surface area contributed by atoms with Crippen LogP contribution in [0.1, 0.15) is 55.7 Å². The Labute approximate surface area is 271 Å². The smallest absolute Gasteiger partial charge is 0.408 e. The van der Waals surface area contributed by atoms with Crippen molar-refractivity contribution in [2.24, 2.45) is 0 Å². The molecule has 0 radical (unpaired) electrons. The standard InChI is InChI=1S/C36H35N3O8/c1-35(2,3)47-34(43)37-19-11-12-23-21-39(33(42)38-32(23)41)31-20-27(40)30(46-31)22-44-36(24-13-5-4-6-14-24)25-15-7-9-17-28(25)45-29-18-10-8-16-26(29)36/h4-10,13-18,21,27,30-31,40H,19-20,22H2,1-3H3,(H,37,43)(H,38,41,42)/t27-,30+,31+/m0/s1. The maximum Gasteiger partial charge on any atom is 0.408 e. The number of hydrogen-bond donors (Lipinski definition) is 3. The van der Waals surface area contributed by atoms with Crippen molar-refractivity contribution in [1.82, 2.24) is 14.9 Å². The van der Waals surface area contributed by atoms with Crippen LogP contribution in [0, 0.1) is 11.8 Å². The minimum atomic E-state index is -1.08. The number of carbonyl (C=O) groups is 1. The van der Waals surface area contributed by atoms with Crippen LogP contribution in [0.2, 0.25) is 0 Å². The Morgan fingerprint density at radius 3 is 2.32 bits per heavy atom. The zero-order chi connectivity index (χ0) is 33.2. The number of amides is 1. The van der Waals surface area contributed by atoms with Crippen LogP contribution < -0.4 is 21.3 Å². The van der Waals surface area contributed by atoms with Gasteiger partial charge in [-0.15, -0.1) is 0 Å². The third-order valence-electron chi connectivity index (χ3n) is 7.82. The van der Waals surface area contributed by atoms with Crippen LogP contribution >= 0.6 is 0 Å². The molecule has 0 bridgehead atoms. The Morgan fingerprint density at radius 1 is 1.02 bits per heavy atom. The highest BCUT2D eigenvalue weighted by atomic mass is 16.6. The minimum Gasteiger partial charge on any atom is -0.457 e. The molecule has 4 aromatic rings. The van der Waals surface area contributed by atoms with Crippen molar-refractivity contribution in [2.45, 2.75) is 56.8 Å². The van der Waals surface area contributed by atoms with Crippen molar-refractivity contribution in [3.63, 3.8) is 0 Å². The molecule has 0 saturated carbocycles. The number of rotatable bonds is 6. The lowest BCUT2D eigenvalue weighted by molar-refractivity contribution is -0.0961. The Bertz CT molecular complexity index is 1910. The highest BCUT2D eigenvalue weighted by Crippen LogP contribution is 2.52. The van der Waals surface area contributed by atoms with E-state index in [4.69, 9.17) is 18.9 Å². The van der Waals surface area contributed by atoms with E-state index in [-0.39, 0.29) is 25.1 Å². The molecule has 6 rings (SSSR count). The molecule has 3 atom stereocenters. The number of aromatic amines is 1. The number of ether oxygens (including phenoxy) is 4. The van der Waals surface area contributed by atoms with Gasteiger partial charge in [0.2, 0.25) is 0 Å². The van der Waals surface area contributed by atoms with E-state index in [9.17, 15) is 19.5 Å². The molecule has 0 unspecified atom stereocenters. The van der Waals surface area contributed by atoms with E-state index < -0.39 is 47.0 Å². The van der Waals surface area contributed by atoms with Crippen molar-refractivity contribution >= 4 is 6.09 Å². The fourth-order valence-electron chi connectivity index (χ4n) is 5.78. The maximum atomic E-state index is 12.8. The molecule has 1 fully saturated rings. The SMILES string of the molecule is CC(C)(C)OC(=O)NCC#Cc1cn([C@H]2C[C@H](O)[C@@H](COC3(c4ccccc4)c4ccccc4Oc4ccccc43)O2)c(=O)[nH]c1=O. The number of aliphatic hydroxyl groups is 1. The van der Waals surface area contributed by atoms with E-state index in [0.29, 0.717) is 11.5 Å². The second-order valence-electron chi connectivity index (χ2n) is 12.3. The van der Waals surface area contributed by atoms with Crippen LogP contribution in [0.3, 0.4) is 0 Å². The number of alkyl carbamates (subject to hydrolysis) is 1. The molecule has 2 aliphatic heterocycles. The molecule has 2 aliphatic rings. The largest absolute Gasteiger partial charge is 0.457 e. The predicted octanol–water partition coefficient (Wildman–Crippen LogP) is 4.18. The topological polar surface area (TPSA) is 141 Å². The second-order valence-corrected chi connectivity index (χ2v) is 12.3. The predicted molar refractivity (Wildman–Crippen MR) is 172 cm³/mol. The molecular weight excluding hydrogens is 602 g/mol. The lowest BCUT2D eigenvalue weighted by Crippen LogP contribution is -2.39. The van der Waals surface area contributed by atoms with E-state index in [2.05, 4.69) is 22.1 Å². The van der Waals surface area contributed by atoms with Crippen molar-refractivity contribution in [3.05, 3.63) is 128 Å². The molecule has 242 valence electrons. The van der Waals surface area contributed by atoms with Gasteiger partial charge in [-0.3, -0.25) is 14.3 Å². The summed E-state index contributed by atoms with van der Waals surface area (Å²) >= 11 is 0. The van der Waals surface area contributed by atoms with E-state index in [1.807, 2.05) is 78.9 Å². The number of aromatic nitrogens is 2. The minimum absolute atomic E-state index is 0.00757. The van der Waals surface area contributed by atoms with Gasteiger partial charge >= 0.3 is 11.8 Å². The quantitative estimate of drug-likeness (QED) is 0.268. The lowest BCUT2D eigenvalue weighted by Gasteiger charge is -2.41. The fraction of sp³-hybridized carbons (Fsp3) is 0.306. The number of nitrogens with one attached hydrogen (secondary N) is 2. The first-order valence-electron chi connectivity index (χ1n) is 15.3. The first-order chi connectivity index (χ1) is 22.5. The summed E-state index contributed by atoms with van der Waals surface area (Å²) in [6.07, 6.45) is -1.97. The number of hydrogen-bond acceptors (Lipinski definition) is 8. The molecule has 3 heterocycles. The number of aliphatic hydroxyl groups excluding tert-OH is 1. The Morgan fingerprint density at radius 2 is 1.66 bits per heavy atom. The summed E-state index contributed by atoms with van der Waals surface area (Å²) in [5.74, 6) is 6.66. The van der Waals surface area contributed by atoms with Crippen LogP contribution in [0.4, 0.5) is 4.79 Å². The second kappa shape index (κ2) is 12.9. The summed E-state index contributed by atoms with van der Waals surface area (Å²) in [7, 11) is 0. The third kappa shape index (κ3) is 6.57.